The second-order valence-corrected chi connectivity index (χ2v) is 7.46. The van der Waals surface area contributed by atoms with Crippen LogP contribution in [0.2, 0.25) is 0 Å². The van der Waals surface area contributed by atoms with Crippen molar-refractivity contribution in [2.45, 2.75) is 13.8 Å². The van der Waals surface area contributed by atoms with Crippen molar-refractivity contribution in [1.82, 2.24) is 5.32 Å². The van der Waals surface area contributed by atoms with Gasteiger partial charge in [0.1, 0.15) is 11.5 Å². The van der Waals surface area contributed by atoms with Gasteiger partial charge in [0.25, 0.3) is 0 Å². The first kappa shape index (κ1) is 22.8. The Morgan fingerprint density at radius 2 is 1.19 bits per heavy atom. The molecule has 0 saturated carbocycles. The molecule has 0 aromatic heterocycles. The van der Waals surface area contributed by atoms with Crippen LogP contribution in [0.5, 0.6) is 11.5 Å². The highest BCUT2D eigenvalue weighted by Gasteiger charge is 2.24. The van der Waals surface area contributed by atoms with E-state index in [2.05, 4.69) is 5.32 Å². The van der Waals surface area contributed by atoms with E-state index >= 15 is 0 Å². The van der Waals surface area contributed by atoms with Crippen molar-refractivity contribution in [3.63, 3.8) is 0 Å². The third kappa shape index (κ3) is 10.0. The highest BCUT2D eigenvalue weighted by molar-refractivity contribution is 7.48. The van der Waals surface area contributed by atoms with Crippen LogP contribution in [0.3, 0.4) is 0 Å². The fraction of sp³-hybridized carbons (Fsp3) is 0.333. The van der Waals surface area contributed by atoms with Gasteiger partial charge < -0.3 is 14.4 Å². The van der Waals surface area contributed by atoms with Crippen LogP contribution >= 0.6 is 31.0 Å². The molecule has 0 aliphatic rings. The van der Waals surface area contributed by atoms with Crippen LogP contribution in [-0.4, -0.2) is 29.7 Å². The van der Waals surface area contributed by atoms with Crippen LogP contribution in [0.1, 0.15) is 11.1 Å². The van der Waals surface area contributed by atoms with E-state index in [1.165, 1.54) is 0 Å². The summed E-state index contributed by atoms with van der Waals surface area (Å²) >= 11 is 10.7. The minimum Gasteiger partial charge on any atom is -0.395 e. The number of nitrogens with one attached hydrogen (secondary N) is 1. The molecule has 2 N–H and O–H groups in total. The average molecular weight is 420 g/mol. The predicted molar refractivity (Wildman–Crippen MR) is 108 cm³/mol. The average Bonchev–Trinajstić information content (AvgIpc) is 2.60. The number of halogens is 2. The fourth-order valence-corrected chi connectivity index (χ4v) is 2.82. The summed E-state index contributed by atoms with van der Waals surface area (Å²) < 4.78 is 21.8. The molecule has 0 bridgehead atoms. The van der Waals surface area contributed by atoms with Gasteiger partial charge in [-0.3, -0.25) is 4.89 Å². The molecule has 0 saturated heterocycles. The number of benzene rings is 2. The maximum Gasteiger partial charge on any atom is 0.584 e. The molecule has 2 aromatic carbocycles. The summed E-state index contributed by atoms with van der Waals surface area (Å²) in [5.74, 6) is 1.92. The predicted octanol–water partition coefficient (Wildman–Crippen LogP) is 4.92. The monoisotopic (exact) mass is 419 g/mol. The van der Waals surface area contributed by atoms with Crippen LogP contribution in [0, 0.1) is 13.8 Å². The maximum absolute atomic E-state index is 11.8. The molecule has 2 rings (SSSR count). The summed E-state index contributed by atoms with van der Waals surface area (Å²) in [5, 5.41) is 3.02. The van der Waals surface area contributed by atoms with Crippen LogP contribution in [-0.2, 0) is 4.57 Å². The lowest BCUT2D eigenvalue weighted by atomic mass is 10.2. The zero-order chi connectivity index (χ0) is 19.4. The molecule has 26 heavy (non-hydrogen) atoms. The second-order valence-electron chi connectivity index (χ2n) is 5.41. The zero-order valence-electron chi connectivity index (χ0n) is 14.8. The van der Waals surface area contributed by atoms with Crippen molar-refractivity contribution < 1.29 is 18.5 Å². The van der Waals surface area contributed by atoms with Crippen LogP contribution in [0.25, 0.3) is 0 Å². The Labute approximate surface area is 164 Å². The van der Waals surface area contributed by atoms with Crippen molar-refractivity contribution in [2.75, 3.05) is 24.8 Å². The molecule has 0 aliphatic heterocycles. The summed E-state index contributed by atoms with van der Waals surface area (Å²) in [7, 11) is -4.17. The van der Waals surface area contributed by atoms with E-state index in [9.17, 15) is 9.46 Å². The van der Waals surface area contributed by atoms with Gasteiger partial charge in [-0.25, -0.2) is 4.57 Å². The Morgan fingerprint density at radius 1 is 0.846 bits per heavy atom. The molecule has 0 aliphatic carbocycles. The Balaban J connectivity index is 0.000000412. The molecule has 144 valence electrons. The summed E-state index contributed by atoms with van der Waals surface area (Å²) in [5.41, 5.74) is 2.08. The number of hydrogen-bond acceptors (Lipinski definition) is 4. The lowest BCUT2D eigenvalue weighted by Crippen LogP contribution is -2.18. The molecule has 0 heterocycles. The molecule has 5 nitrogen and oxygen atoms in total. The first-order valence-electron chi connectivity index (χ1n) is 8.04. The Hall–Kier alpha value is -1.23. The van der Waals surface area contributed by atoms with E-state index < -0.39 is 7.82 Å². The number of hydrogen-bond donors (Lipinski definition) is 2. The molecule has 0 atom stereocenters. The lowest BCUT2D eigenvalue weighted by Gasteiger charge is -2.13. The number of alkyl halides is 2. The van der Waals surface area contributed by atoms with E-state index in [1.54, 1.807) is 48.5 Å². The van der Waals surface area contributed by atoms with Gasteiger partial charge in [0, 0.05) is 24.8 Å². The minimum atomic E-state index is -4.17. The number of aryl methyl sites for hydroxylation is 2. The third-order valence-corrected chi connectivity index (χ3v) is 4.29. The molecule has 0 radical (unpaired) electrons. The van der Waals surface area contributed by atoms with E-state index in [4.69, 9.17) is 32.2 Å². The first-order valence-corrected chi connectivity index (χ1v) is 10.6. The van der Waals surface area contributed by atoms with Crippen molar-refractivity contribution in [3.05, 3.63) is 59.7 Å². The largest absolute Gasteiger partial charge is 0.584 e. The fourth-order valence-electron chi connectivity index (χ4n) is 1.74. The standard InChI is InChI=1S/C14H15O4P.C4H9Cl2N/c1-11-3-7-13(8-4-11)17-19(15,16)18-14-9-5-12(2)6-10-14;5-1-3-7-4-2-6/h3-10H,1-2H3,(H,15,16);7H,1-4H2. The number of phosphoric acid groups is 1. The van der Waals surface area contributed by atoms with E-state index in [0.29, 0.717) is 23.3 Å². The summed E-state index contributed by atoms with van der Waals surface area (Å²) in [6.07, 6.45) is 0. The summed E-state index contributed by atoms with van der Waals surface area (Å²) in [4.78, 5) is 9.67. The van der Waals surface area contributed by atoms with Gasteiger partial charge in [-0.05, 0) is 38.1 Å². The lowest BCUT2D eigenvalue weighted by molar-refractivity contribution is 0.291. The van der Waals surface area contributed by atoms with Gasteiger partial charge >= 0.3 is 7.82 Å². The van der Waals surface area contributed by atoms with Crippen molar-refractivity contribution in [2.24, 2.45) is 0 Å². The highest BCUT2D eigenvalue weighted by atomic mass is 35.5. The zero-order valence-corrected chi connectivity index (χ0v) is 17.2. The van der Waals surface area contributed by atoms with Crippen molar-refractivity contribution in [1.29, 1.82) is 0 Å². The minimum absolute atomic E-state index is 0.295. The second kappa shape index (κ2) is 12.2. The van der Waals surface area contributed by atoms with E-state index in [0.717, 1.165) is 24.2 Å². The maximum atomic E-state index is 11.8. The van der Waals surface area contributed by atoms with Crippen LogP contribution < -0.4 is 14.4 Å². The Morgan fingerprint density at radius 3 is 1.50 bits per heavy atom. The SMILES string of the molecule is Cc1ccc(OP(=O)(O)Oc2ccc(C)cc2)cc1.ClCCNCCCl. The molecular formula is C18H24Cl2NO4P. The first-order chi connectivity index (χ1) is 12.4. The summed E-state index contributed by atoms with van der Waals surface area (Å²) in [6.45, 7) is 5.55. The van der Waals surface area contributed by atoms with Gasteiger partial charge in [0.15, 0.2) is 0 Å². The molecule has 2 aromatic rings. The van der Waals surface area contributed by atoms with Gasteiger partial charge in [-0.1, -0.05) is 35.4 Å². The van der Waals surface area contributed by atoms with E-state index in [-0.39, 0.29) is 0 Å². The normalized spacial score (nSPS) is 10.7. The van der Waals surface area contributed by atoms with Gasteiger partial charge in [0.05, 0.1) is 0 Å². The highest BCUT2D eigenvalue weighted by Crippen LogP contribution is 2.44. The van der Waals surface area contributed by atoms with Crippen LogP contribution in [0.15, 0.2) is 48.5 Å². The van der Waals surface area contributed by atoms with Crippen molar-refractivity contribution in [3.8, 4) is 11.5 Å². The number of phosphoric ester groups is 1. The van der Waals surface area contributed by atoms with Gasteiger partial charge in [-0.2, -0.15) is 0 Å². The molecular weight excluding hydrogens is 396 g/mol. The topological polar surface area (TPSA) is 67.8 Å². The Bertz CT molecular complexity index is 625. The smallest absolute Gasteiger partial charge is 0.395 e. The van der Waals surface area contributed by atoms with Crippen LogP contribution in [0.4, 0.5) is 0 Å². The number of rotatable bonds is 8. The van der Waals surface area contributed by atoms with Gasteiger partial charge in [0.2, 0.25) is 0 Å². The molecule has 0 unspecified atom stereocenters. The molecule has 0 amide bonds. The molecule has 8 heteroatoms. The molecule has 0 fully saturated rings. The Kier molecular flexibility index (Phi) is 10.7. The van der Waals surface area contributed by atoms with Crippen molar-refractivity contribution >= 4 is 31.0 Å². The van der Waals surface area contributed by atoms with E-state index in [1.807, 2.05) is 13.8 Å². The quantitative estimate of drug-likeness (QED) is 0.361. The molecule has 0 spiro atoms. The van der Waals surface area contributed by atoms with Gasteiger partial charge in [-0.15, -0.1) is 23.2 Å². The third-order valence-electron chi connectivity index (χ3n) is 3.03. The summed E-state index contributed by atoms with van der Waals surface area (Å²) in [6, 6.07) is 13.7.